The zero-order chi connectivity index (χ0) is 27.3. The van der Waals surface area contributed by atoms with Gasteiger partial charge in [-0.1, -0.05) is 12.1 Å². The summed E-state index contributed by atoms with van der Waals surface area (Å²) >= 11 is 0. The molecule has 1 aliphatic rings. The highest BCUT2D eigenvalue weighted by Crippen LogP contribution is 2.33. The Hall–Kier alpha value is -4.55. The van der Waals surface area contributed by atoms with E-state index in [0.717, 1.165) is 24.3 Å². The molecule has 0 bridgehead atoms. The van der Waals surface area contributed by atoms with E-state index in [0.29, 0.717) is 11.1 Å². The first kappa shape index (κ1) is 27.0. The Bertz CT molecular complexity index is 1160. The number of aliphatic hydroxyl groups is 2. The molecule has 0 heterocycles. The van der Waals surface area contributed by atoms with Gasteiger partial charge in [0.2, 0.25) is 0 Å². The van der Waals surface area contributed by atoms with Gasteiger partial charge < -0.3 is 50.0 Å². The maximum Gasteiger partial charge on any atom is 0.331 e. The van der Waals surface area contributed by atoms with Crippen LogP contribution in [-0.2, 0) is 23.9 Å². The van der Waals surface area contributed by atoms with Gasteiger partial charge in [0.15, 0.2) is 23.0 Å². The van der Waals surface area contributed by atoms with Crippen molar-refractivity contribution >= 4 is 30.1 Å². The second-order valence-corrected chi connectivity index (χ2v) is 8.33. The predicted molar refractivity (Wildman–Crippen MR) is 123 cm³/mol. The van der Waals surface area contributed by atoms with Crippen LogP contribution in [-0.4, -0.2) is 72.5 Å². The molecule has 0 spiro atoms. The van der Waals surface area contributed by atoms with E-state index in [-0.39, 0.29) is 11.5 Å². The van der Waals surface area contributed by atoms with Crippen LogP contribution in [0.25, 0.3) is 12.2 Å². The quantitative estimate of drug-likeness (QED) is 0.159. The fourth-order valence-corrected chi connectivity index (χ4v) is 3.61. The van der Waals surface area contributed by atoms with E-state index >= 15 is 0 Å². The minimum absolute atomic E-state index is 0.309. The SMILES string of the molecule is O=C(/C=C/c1ccc(O)c(O)c1)O[C@@H]1CC(O)(C(=O)[O-])C[C@@H](OC(=O)/C=C/c2ccc(O)c(O)c2)C1O. The van der Waals surface area contributed by atoms with Crippen LogP contribution >= 0.6 is 0 Å². The highest BCUT2D eigenvalue weighted by atomic mass is 16.6. The number of hydrogen-bond donors (Lipinski definition) is 6. The Kier molecular flexibility index (Phi) is 8.05. The summed E-state index contributed by atoms with van der Waals surface area (Å²) in [6.07, 6.45) is -2.15. The van der Waals surface area contributed by atoms with Crippen LogP contribution in [0.4, 0.5) is 0 Å². The lowest BCUT2D eigenvalue weighted by Gasteiger charge is -2.43. The monoisotopic (exact) mass is 515 g/mol. The highest BCUT2D eigenvalue weighted by Gasteiger charge is 2.49. The van der Waals surface area contributed by atoms with Gasteiger partial charge in [0.1, 0.15) is 23.9 Å². The van der Waals surface area contributed by atoms with Crippen molar-refractivity contribution in [2.45, 2.75) is 36.8 Å². The molecule has 1 aliphatic carbocycles. The summed E-state index contributed by atoms with van der Waals surface area (Å²) in [4.78, 5) is 36.1. The fourth-order valence-electron chi connectivity index (χ4n) is 3.61. The Labute approximate surface area is 209 Å². The van der Waals surface area contributed by atoms with Crippen molar-refractivity contribution in [1.29, 1.82) is 0 Å². The van der Waals surface area contributed by atoms with Crippen LogP contribution in [0.3, 0.4) is 0 Å². The normalized spacial score (nSPS) is 23.7. The van der Waals surface area contributed by atoms with E-state index < -0.39 is 66.2 Å². The first-order valence-electron chi connectivity index (χ1n) is 10.8. The molecule has 0 saturated heterocycles. The van der Waals surface area contributed by atoms with Gasteiger partial charge in [-0.15, -0.1) is 0 Å². The van der Waals surface area contributed by atoms with Gasteiger partial charge in [0.05, 0.1) is 5.97 Å². The Morgan fingerprint density at radius 3 is 1.54 bits per heavy atom. The predicted octanol–water partition coefficient (Wildman–Crippen LogP) is -0.305. The van der Waals surface area contributed by atoms with Crippen molar-refractivity contribution in [1.82, 2.24) is 0 Å². The lowest BCUT2D eigenvalue weighted by atomic mass is 9.79. The van der Waals surface area contributed by atoms with E-state index in [1.54, 1.807) is 0 Å². The molecule has 12 nitrogen and oxygen atoms in total. The van der Waals surface area contributed by atoms with Gasteiger partial charge in [-0.3, -0.25) is 0 Å². The lowest BCUT2D eigenvalue weighted by molar-refractivity contribution is -0.331. The number of carboxylic acid groups (broad SMARTS) is 1. The maximum atomic E-state index is 12.3. The molecule has 2 aromatic carbocycles. The number of esters is 2. The van der Waals surface area contributed by atoms with Crippen molar-refractivity contribution in [3.8, 4) is 23.0 Å². The molecule has 196 valence electrons. The van der Waals surface area contributed by atoms with Crippen molar-refractivity contribution in [3.05, 3.63) is 59.7 Å². The molecular weight excluding hydrogens is 492 g/mol. The zero-order valence-electron chi connectivity index (χ0n) is 19.1. The van der Waals surface area contributed by atoms with E-state index in [1.165, 1.54) is 36.4 Å². The van der Waals surface area contributed by atoms with Gasteiger partial charge in [-0.2, -0.15) is 0 Å². The molecule has 0 radical (unpaired) electrons. The van der Waals surface area contributed by atoms with Crippen LogP contribution in [0.5, 0.6) is 23.0 Å². The molecule has 0 aromatic heterocycles. The van der Waals surface area contributed by atoms with Crippen LogP contribution in [0.15, 0.2) is 48.6 Å². The Balaban J connectivity index is 1.71. The van der Waals surface area contributed by atoms with Crippen LogP contribution in [0, 0.1) is 0 Å². The number of carbonyl (C=O) groups is 3. The third kappa shape index (κ3) is 6.78. The number of carboxylic acids is 1. The number of ether oxygens (including phenoxy) is 2. The third-order valence-electron chi connectivity index (χ3n) is 5.58. The number of phenolic OH excluding ortho intramolecular Hbond substituents is 4. The molecule has 0 amide bonds. The molecule has 2 aromatic rings. The Morgan fingerprint density at radius 2 is 1.19 bits per heavy atom. The Morgan fingerprint density at radius 1 is 0.784 bits per heavy atom. The first-order valence-corrected chi connectivity index (χ1v) is 10.8. The van der Waals surface area contributed by atoms with Crippen LogP contribution in [0.1, 0.15) is 24.0 Å². The molecule has 3 rings (SSSR count). The van der Waals surface area contributed by atoms with Crippen molar-refractivity contribution in [3.63, 3.8) is 0 Å². The summed E-state index contributed by atoms with van der Waals surface area (Å²) in [5, 5.41) is 70.3. The third-order valence-corrected chi connectivity index (χ3v) is 5.58. The number of benzene rings is 2. The number of phenols is 4. The molecule has 0 unspecified atom stereocenters. The zero-order valence-corrected chi connectivity index (χ0v) is 19.1. The number of rotatable bonds is 7. The fraction of sp³-hybridized carbons (Fsp3) is 0.240. The van der Waals surface area contributed by atoms with E-state index in [9.17, 15) is 50.1 Å². The summed E-state index contributed by atoms with van der Waals surface area (Å²) in [6, 6.07) is 7.45. The van der Waals surface area contributed by atoms with Gasteiger partial charge in [0, 0.05) is 25.0 Å². The minimum Gasteiger partial charge on any atom is -0.547 e. The molecule has 1 saturated carbocycles. The van der Waals surface area contributed by atoms with Crippen molar-refractivity contribution in [2.24, 2.45) is 0 Å². The van der Waals surface area contributed by atoms with Crippen LogP contribution in [0.2, 0.25) is 0 Å². The number of aromatic hydroxyl groups is 4. The van der Waals surface area contributed by atoms with Gasteiger partial charge >= 0.3 is 11.9 Å². The smallest absolute Gasteiger partial charge is 0.331 e. The summed E-state index contributed by atoms with van der Waals surface area (Å²) < 4.78 is 10.2. The number of aliphatic carboxylic acids is 1. The largest absolute Gasteiger partial charge is 0.547 e. The number of carbonyl (C=O) groups excluding carboxylic acids is 3. The number of aliphatic hydroxyl groups excluding tert-OH is 1. The highest BCUT2D eigenvalue weighted by molar-refractivity contribution is 5.88. The van der Waals surface area contributed by atoms with E-state index in [2.05, 4.69) is 0 Å². The number of hydrogen-bond acceptors (Lipinski definition) is 12. The van der Waals surface area contributed by atoms with Crippen LogP contribution < -0.4 is 5.11 Å². The van der Waals surface area contributed by atoms with Gasteiger partial charge in [-0.05, 0) is 47.5 Å². The topological polar surface area (TPSA) is 214 Å². The van der Waals surface area contributed by atoms with Gasteiger partial charge in [0.25, 0.3) is 0 Å². The van der Waals surface area contributed by atoms with E-state index in [1.807, 2.05) is 0 Å². The van der Waals surface area contributed by atoms with Crippen molar-refractivity contribution in [2.75, 3.05) is 0 Å². The molecule has 6 N–H and O–H groups in total. The summed E-state index contributed by atoms with van der Waals surface area (Å²) in [6.45, 7) is 0. The molecular formula is C25H23O12-. The standard InChI is InChI=1S/C25H24O12/c26-15-5-1-13(9-17(15)28)3-7-21(30)36-19-11-25(35,24(33)34)12-20(23(19)32)37-22(31)8-4-14-2-6-16(27)18(29)10-14/h1-10,19-20,23,26-29,32,35H,11-12H2,(H,33,34)/p-1/b7-3+,8-4+/t19-,20-,23?,25?/m1/s1. The second kappa shape index (κ2) is 11.0. The molecule has 1 fully saturated rings. The minimum atomic E-state index is -2.59. The maximum absolute atomic E-state index is 12.3. The van der Waals surface area contributed by atoms with Crippen molar-refractivity contribution < 1.29 is 59.6 Å². The average Bonchev–Trinajstić information content (AvgIpc) is 2.83. The molecule has 0 aliphatic heterocycles. The second-order valence-electron chi connectivity index (χ2n) is 8.33. The summed E-state index contributed by atoms with van der Waals surface area (Å²) in [7, 11) is 0. The molecule has 12 heteroatoms. The lowest BCUT2D eigenvalue weighted by Crippen LogP contribution is -2.61. The average molecular weight is 515 g/mol. The van der Waals surface area contributed by atoms with Gasteiger partial charge in [-0.25, -0.2) is 9.59 Å². The first-order chi connectivity index (χ1) is 17.4. The molecule has 37 heavy (non-hydrogen) atoms. The van der Waals surface area contributed by atoms with E-state index in [4.69, 9.17) is 9.47 Å². The summed E-state index contributed by atoms with van der Waals surface area (Å²) in [5.41, 5.74) is -1.97. The summed E-state index contributed by atoms with van der Waals surface area (Å²) in [5.74, 6) is -5.62. The molecule has 2 atom stereocenters.